The number of methoxy groups -OCH3 is 2. The van der Waals surface area contributed by atoms with Gasteiger partial charge in [0.25, 0.3) is 11.4 Å². The number of para-hydroxylation sites is 2. The van der Waals surface area contributed by atoms with Gasteiger partial charge in [0.1, 0.15) is 0 Å². The van der Waals surface area contributed by atoms with Gasteiger partial charge in [-0.25, -0.2) is 0 Å². The molecule has 0 aromatic heterocycles. The lowest BCUT2D eigenvalue weighted by molar-refractivity contribution is -0.394. The van der Waals surface area contributed by atoms with Crippen molar-refractivity contribution in [2.75, 3.05) is 14.2 Å². The van der Waals surface area contributed by atoms with E-state index in [1.807, 2.05) is 0 Å². The molecule has 2 N–H and O–H groups in total. The fraction of sp³-hybridized carbons (Fsp3) is 0.0833. The van der Waals surface area contributed by atoms with Crippen molar-refractivity contribution in [3.05, 3.63) is 91.0 Å². The monoisotopic (exact) mass is 464 g/mol. The number of nitro benzene ring substituents is 2. The van der Waals surface area contributed by atoms with Crippen LogP contribution in [0.4, 0.5) is 11.4 Å². The summed E-state index contributed by atoms with van der Waals surface area (Å²) in [5.41, 5.74) is -0.131. The largest absolute Gasteiger partial charge is 0.504 e. The van der Waals surface area contributed by atoms with Crippen LogP contribution in [0.2, 0.25) is 0 Å². The zero-order valence-electron chi connectivity index (χ0n) is 18.2. The molecule has 0 aliphatic heterocycles. The third kappa shape index (κ3) is 4.96. The van der Waals surface area contributed by atoms with Crippen molar-refractivity contribution in [1.82, 2.24) is 0 Å². The highest BCUT2D eigenvalue weighted by molar-refractivity contribution is 5.83. The van der Waals surface area contributed by atoms with Gasteiger partial charge >= 0.3 is 0 Å². The first-order valence-corrected chi connectivity index (χ1v) is 9.81. The van der Waals surface area contributed by atoms with E-state index < -0.39 is 21.2 Å². The van der Waals surface area contributed by atoms with E-state index in [1.165, 1.54) is 44.6 Å². The SMILES string of the molecule is COc1cccc(/C=C/c2cc(/C=C/c3cccc(OC)c3O)c([N+](=O)[O-])cc2[N+](=O)[O-])c1O. The van der Waals surface area contributed by atoms with Crippen molar-refractivity contribution in [2.24, 2.45) is 0 Å². The third-order valence-electron chi connectivity index (χ3n) is 4.95. The fourth-order valence-corrected chi connectivity index (χ4v) is 3.23. The summed E-state index contributed by atoms with van der Waals surface area (Å²) in [6.07, 6.45) is 5.62. The molecule has 3 aromatic rings. The molecule has 0 bridgehead atoms. The topological polar surface area (TPSA) is 145 Å². The first kappa shape index (κ1) is 23.8. The molecule has 0 radical (unpaired) electrons. The van der Waals surface area contributed by atoms with Crippen LogP contribution in [0.5, 0.6) is 23.0 Å². The van der Waals surface area contributed by atoms with Crippen LogP contribution in [0.3, 0.4) is 0 Å². The first-order valence-electron chi connectivity index (χ1n) is 9.81. The average Bonchev–Trinajstić information content (AvgIpc) is 2.82. The van der Waals surface area contributed by atoms with E-state index in [-0.39, 0.29) is 34.1 Å². The van der Waals surface area contributed by atoms with Crippen molar-refractivity contribution in [3.8, 4) is 23.0 Å². The molecule has 0 saturated heterocycles. The van der Waals surface area contributed by atoms with E-state index in [4.69, 9.17) is 9.47 Å². The number of hydrogen-bond donors (Lipinski definition) is 2. The highest BCUT2D eigenvalue weighted by Gasteiger charge is 2.22. The number of phenolic OH excluding ortho intramolecular Hbond substituents is 2. The minimum Gasteiger partial charge on any atom is -0.504 e. The number of hydrogen-bond acceptors (Lipinski definition) is 8. The molecule has 0 heterocycles. The van der Waals surface area contributed by atoms with E-state index in [9.17, 15) is 30.4 Å². The molecule has 0 saturated carbocycles. The van der Waals surface area contributed by atoms with Crippen LogP contribution >= 0.6 is 0 Å². The number of aromatic hydroxyl groups is 2. The van der Waals surface area contributed by atoms with Crippen molar-refractivity contribution in [1.29, 1.82) is 0 Å². The molecule has 0 unspecified atom stereocenters. The zero-order valence-corrected chi connectivity index (χ0v) is 18.2. The Kier molecular flexibility index (Phi) is 7.12. The second-order valence-electron chi connectivity index (χ2n) is 6.95. The van der Waals surface area contributed by atoms with Gasteiger partial charge in [-0.15, -0.1) is 0 Å². The van der Waals surface area contributed by atoms with Gasteiger partial charge in [-0.2, -0.15) is 0 Å². The molecule has 174 valence electrons. The van der Waals surface area contributed by atoms with Gasteiger partial charge in [-0.3, -0.25) is 20.2 Å². The normalized spacial score (nSPS) is 11.1. The molecule has 0 aliphatic rings. The summed E-state index contributed by atoms with van der Waals surface area (Å²) in [4.78, 5) is 21.7. The van der Waals surface area contributed by atoms with Crippen molar-refractivity contribution in [3.63, 3.8) is 0 Å². The smallest absolute Gasteiger partial charge is 0.283 e. The van der Waals surface area contributed by atoms with Gasteiger partial charge in [0.2, 0.25) is 0 Å². The fourth-order valence-electron chi connectivity index (χ4n) is 3.23. The van der Waals surface area contributed by atoms with E-state index >= 15 is 0 Å². The molecule has 10 heteroatoms. The van der Waals surface area contributed by atoms with Crippen molar-refractivity contribution >= 4 is 35.7 Å². The van der Waals surface area contributed by atoms with Gasteiger partial charge in [-0.1, -0.05) is 36.4 Å². The van der Waals surface area contributed by atoms with Crippen LogP contribution in [0.25, 0.3) is 24.3 Å². The zero-order chi connectivity index (χ0) is 24.8. The molecule has 0 spiro atoms. The summed E-state index contributed by atoms with van der Waals surface area (Å²) in [5, 5.41) is 43.7. The summed E-state index contributed by atoms with van der Waals surface area (Å²) in [6.45, 7) is 0. The standard InChI is InChI=1S/C24H20N2O8/c1-33-21-7-3-5-15(23(21)27)9-11-17-13-18(20(26(31)32)14-19(17)25(29)30)12-10-16-6-4-8-22(34-2)24(16)28/h3-14,27-28H,1-2H3/b11-9+,12-10+. The van der Waals surface area contributed by atoms with Crippen LogP contribution in [0.1, 0.15) is 22.3 Å². The Morgan fingerprint density at radius 1 is 0.676 bits per heavy atom. The second kappa shape index (κ2) is 10.2. The maximum Gasteiger partial charge on any atom is 0.283 e. The molecule has 3 aromatic carbocycles. The van der Waals surface area contributed by atoms with E-state index in [0.29, 0.717) is 11.1 Å². The van der Waals surface area contributed by atoms with Crippen molar-refractivity contribution in [2.45, 2.75) is 0 Å². The Morgan fingerprint density at radius 3 is 1.41 bits per heavy atom. The molecule has 34 heavy (non-hydrogen) atoms. The number of benzene rings is 3. The van der Waals surface area contributed by atoms with Crippen LogP contribution in [0.15, 0.2) is 48.5 Å². The Hall–Kier alpha value is -4.86. The highest BCUT2D eigenvalue weighted by atomic mass is 16.6. The van der Waals surface area contributed by atoms with Gasteiger partial charge in [0.15, 0.2) is 23.0 Å². The predicted molar refractivity (Wildman–Crippen MR) is 127 cm³/mol. The maximum absolute atomic E-state index is 11.6. The van der Waals surface area contributed by atoms with Crippen molar-refractivity contribution < 1.29 is 29.5 Å². The summed E-state index contributed by atoms with van der Waals surface area (Å²) >= 11 is 0. The molecule has 0 aliphatic carbocycles. The Labute approximate surface area is 193 Å². The van der Waals surface area contributed by atoms with E-state index in [0.717, 1.165) is 6.07 Å². The molecule has 0 atom stereocenters. The van der Waals surface area contributed by atoms with Crippen LogP contribution in [-0.2, 0) is 0 Å². The lowest BCUT2D eigenvalue weighted by Crippen LogP contribution is -1.98. The molecular formula is C24H20N2O8. The highest BCUT2D eigenvalue weighted by Crippen LogP contribution is 2.35. The summed E-state index contributed by atoms with van der Waals surface area (Å²) in [7, 11) is 2.78. The quantitative estimate of drug-likeness (QED) is 0.260. The number of nitrogens with zero attached hydrogens (tertiary/aromatic N) is 2. The predicted octanol–water partition coefficient (Wildman–Crippen LogP) is 5.27. The maximum atomic E-state index is 11.6. The molecular weight excluding hydrogens is 444 g/mol. The van der Waals surface area contributed by atoms with Crippen LogP contribution in [0, 0.1) is 20.2 Å². The molecule has 0 amide bonds. The second-order valence-corrected chi connectivity index (χ2v) is 6.95. The summed E-state index contributed by atoms with van der Waals surface area (Å²) < 4.78 is 10.1. The van der Waals surface area contributed by atoms with E-state index in [1.54, 1.807) is 36.4 Å². The van der Waals surface area contributed by atoms with Gasteiger partial charge in [-0.05, 0) is 30.4 Å². The molecule has 3 rings (SSSR count). The minimum absolute atomic E-state index is 0.0762. The number of phenols is 2. The van der Waals surface area contributed by atoms with Gasteiger partial charge in [0, 0.05) is 11.1 Å². The van der Waals surface area contributed by atoms with Crippen LogP contribution < -0.4 is 9.47 Å². The Bertz CT molecular complexity index is 1220. The first-order chi connectivity index (χ1) is 16.3. The van der Waals surface area contributed by atoms with Crippen LogP contribution in [-0.4, -0.2) is 34.3 Å². The van der Waals surface area contributed by atoms with E-state index in [2.05, 4.69) is 0 Å². The minimum atomic E-state index is -0.723. The summed E-state index contributed by atoms with van der Waals surface area (Å²) in [5.74, 6) is 0.142. The average molecular weight is 464 g/mol. The lowest BCUT2D eigenvalue weighted by atomic mass is 10.0. The third-order valence-corrected chi connectivity index (χ3v) is 4.95. The summed E-state index contributed by atoms with van der Waals surface area (Å²) in [6, 6.07) is 11.7. The molecule has 10 nitrogen and oxygen atoms in total. The number of rotatable bonds is 8. The number of nitro groups is 2. The Morgan fingerprint density at radius 2 is 1.06 bits per heavy atom. The number of ether oxygens (including phenoxy) is 2. The van der Waals surface area contributed by atoms with Gasteiger partial charge in [0.05, 0.1) is 41.3 Å². The lowest BCUT2D eigenvalue weighted by Gasteiger charge is -2.06. The molecule has 0 fully saturated rings. The van der Waals surface area contributed by atoms with Gasteiger partial charge < -0.3 is 19.7 Å². The Balaban J connectivity index is 2.12.